The van der Waals surface area contributed by atoms with Crippen LogP contribution in [0.1, 0.15) is 29.7 Å². The van der Waals surface area contributed by atoms with Crippen LogP contribution in [0.2, 0.25) is 0 Å². The average molecular weight is 495 g/mol. The molecule has 3 aromatic rings. The molecule has 0 fully saturated rings. The van der Waals surface area contributed by atoms with Gasteiger partial charge in [0.25, 0.3) is 0 Å². The molecule has 1 N–H and O–H groups in total. The molecular formula is C23H21F4N3O3S. The van der Waals surface area contributed by atoms with Crippen LogP contribution in [0, 0.1) is 5.82 Å². The van der Waals surface area contributed by atoms with Gasteiger partial charge in [0.2, 0.25) is 16.8 Å². The van der Waals surface area contributed by atoms with E-state index in [1.54, 1.807) is 30.3 Å². The van der Waals surface area contributed by atoms with E-state index >= 15 is 0 Å². The minimum atomic E-state index is -4.62. The molecule has 1 atom stereocenters. The Labute approximate surface area is 195 Å². The molecule has 11 heteroatoms. The number of anilines is 1. The quantitative estimate of drug-likeness (QED) is 0.379. The van der Waals surface area contributed by atoms with Crippen LogP contribution >= 0.6 is 0 Å². The summed E-state index contributed by atoms with van der Waals surface area (Å²) in [5.74, 6) is -2.11. The fourth-order valence-electron chi connectivity index (χ4n) is 3.30. The van der Waals surface area contributed by atoms with E-state index in [1.165, 1.54) is 26.1 Å². The molecule has 1 aromatic heterocycles. The van der Waals surface area contributed by atoms with E-state index in [4.69, 9.17) is 0 Å². The number of thiol groups is 1. The number of pyridine rings is 1. The maximum atomic E-state index is 14.4. The summed E-state index contributed by atoms with van der Waals surface area (Å²) in [4.78, 5) is 16.2. The molecule has 0 saturated carbocycles. The Morgan fingerprint density at radius 3 is 2.38 bits per heavy atom. The van der Waals surface area contributed by atoms with Gasteiger partial charge in [-0.1, -0.05) is 36.4 Å². The first-order chi connectivity index (χ1) is 16.0. The number of carbonyl (C=O) groups is 1. The van der Waals surface area contributed by atoms with Gasteiger partial charge in [-0.25, -0.2) is 12.8 Å². The maximum Gasteiger partial charge on any atom is 0.433 e. The number of aromatic nitrogens is 1. The Morgan fingerprint density at radius 2 is 1.79 bits per heavy atom. The van der Waals surface area contributed by atoms with Crippen molar-refractivity contribution in [2.45, 2.75) is 25.6 Å². The number of nitrogens with one attached hydrogen (secondary N) is 1. The van der Waals surface area contributed by atoms with Crippen molar-refractivity contribution < 1.29 is 30.8 Å². The minimum Gasteiger partial charge on any atom is -0.351 e. The number of alkyl halides is 3. The van der Waals surface area contributed by atoms with Crippen molar-refractivity contribution in [3.8, 4) is 11.1 Å². The summed E-state index contributed by atoms with van der Waals surface area (Å²) in [6.45, 7) is 1.43. The predicted octanol–water partition coefficient (Wildman–Crippen LogP) is 4.29. The third-order valence-corrected chi connectivity index (χ3v) is 5.98. The van der Waals surface area contributed by atoms with Crippen molar-refractivity contribution >= 4 is 22.5 Å². The maximum absolute atomic E-state index is 14.4. The highest BCUT2D eigenvalue weighted by Gasteiger charge is 2.33. The summed E-state index contributed by atoms with van der Waals surface area (Å²) < 4.78 is 76.8. The molecule has 0 spiro atoms. The molecular weight excluding hydrogens is 474 g/mol. The van der Waals surface area contributed by atoms with Crippen LogP contribution in [0.4, 0.5) is 23.2 Å². The van der Waals surface area contributed by atoms with Crippen molar-refractivity contribution in [3.05, 3.63) is 83.4 Å². The molecule has 3 rings (SSSR count). The Morgan fingerprint density at radius 1 is 1.12 bits per heavy atom. The van der Waals surface area contributed by atoms with E-state index in [2.05, 4.69) is 10.3 Å². The van der Waals surface area contributed by atoms with E-state index in [1.807, 2.05) is 0 Å². The molecule has 0 saturated heterocycles. The lowest BCUT2D eigenvalue weighted by molar-refractivity contribution is -0.141. The fourth-order valence-corrected chi connectivity index (χ4v) is 3.63. The smallest absolute Gasteiger partial charge is 0.351 e. The lowest BCUT2D eigenvalue weighted by atomic mass is 9.98. The van der Waals surface area contributed by atoms with Crippen LogP contribution in [0.15, 0.2) is 60.8 Å². The summed E-state index contributed by atoms with van der Waals surface area (Å²) in [5.41, 5.74) is 0.294. The van der Waals surface area contributed by atoms with Gasteiger partial charge in [-0.05, 0) is 47.4 Å². The van der Waals surface area contributed by atoms with Gasteiger partial charge in [-0.3, -0.25) is 14.1 Å². The van der Waals surface area contributed by atoms with Gasteiger partial charge in [0.05, 0.1) is 11.6 Å². The summed E-state index contributed by atoms with van der Waals surface area (Å²) in [5, 5.41) is 2.65. The Kier molecular flexibility index (Phi) is 7.55. The standard InChI is InChI=1S/C23H21F4N3O3S/c1-14(16-8-9-20(19(24)10-16)30(2)34(32)33)22(31)29-13-17-12-28-21(23(25,26)27)11-18(17)15-6-4-3-5-7-15/h3-12,14,34H,13H2,1-2H3,(H,29,31). The van der Waals surface area contributed by atoms with Crippen LogP contribution in [0.25, 0.3) is 11.1 Å². The molecule has 2 aromatic carbocycles. The van der Waals surface area contributed by atoms with E-state index in [0.29, 0.717) is 16.7 Å². The topological polar surface area (TPSA) is 79.4 Å². The molecule has 1 amide bonds. The van der Waals surface area contributed by atoms with Gasteiger partial charge in [0, 0.05) is 19.8 Å². The number of halogens is 4. The van der Waals surface area contributed by atoms with Gasteiger partial charge in [0.1, 0.15) is 11.5 Å². The van der Waals surface area contributed by atoms with Crippen LogP contribution in [-0.2, 0) is 28.4 Å². The van der Waals surface area contributed by atoms with Crippen molar-refractivity contribution in [3.63, 3.8) is 0 Å². The molecule has 0 aliphatic heterocycles. The normalized spacial score (nSPS) is 12.4. The van der Waals surface area contributed by atoms with E-state index < -0.39 is 40.4 Å². The predicted molar refractivity (Wildman–Crippen MR) is 120 cm³/mol. The first kappa shape index (κ1) is 25.2. The Balaban J connectivity index is 1.81. The van der Waals surface area contributed by atoms with Crippen LogP contribution in [-0.4, -0.2) is 26.4 Å². The molecule has 0 aliphatic rings. The van der Waals surface area contributed by atoms with Crippen LogP contribution in [0.5, 0.6) is 0 Å². The second-order valence-corrected chi connectivity index (χ2v) is 8.58. The zero-order valence-electron chi connectivity index (χ0n) is 18.1. The Hall–Kier alpha value is -3.47. The van der Waals surface area contributed by atoms with E-state index in [9.17, 15) is 30.8 Å². The molecule has 6 nitrogen and oxygen atoms in total. The number of hydrogen-bond acceptors (Lipinski definition) is 4. The summed E-state index contributed by atoms with van der Waals surface area (Å²) in [6, 6.07) is 13.1. The lowest BCUT2D eigenvalue weighted by Crippen LogP contribution is -2.28. The highest BCUT2D eigenvalue weighted by atomic mass is 32.2. The average Bonchev–Trinajstić information content (AvgIpc) is 2.81. The van der Waals surface area contributed by atoms with Crippen molar-refractivity contribution in [2.75, 3.05) is 11.4 Å². The van der Waals surface area contributed by atoms with Crippen molar-refractivity contribution in [2.24, 2.45) is 0 Å². The number of hydrogen-bond donors (Lipinski definition) is 2. The number of benzene rings is 2. The molecule has 34 heavy (non-hydrogen) atoms. The van der Waals surface area contributed by atoms with Gasteiger partial charge in [0.15, 0.2) is 0 Å². The SMILES string of the molecule is CC(C(=O)NCc1cnc(C(F)(F)F)cc1-c1ccccc1)c1ccc(N(C)[SH](=O)=O)c(F)c1. The fraction of sp³-hybridized carbons (Fsp3) is 0.217. The van der Waals surface area contributed by atoms with Crippen LogP contribution < -0.4 is 9.62 Å². The van der Waals surface area contributed by atoms with Gasteiger partial charge < -0.3 is 5.32 Å². The number of rotatable bonds is 7. The molecule has 0 radical (unpaired) electrons. The highest BCUT2D eigenvalue weighted by molar-refractivity contribution is 7.74. The van der Waals surface area contributed by atoms with Gasteiger partial charge >= 0.3 is 6.18 Å². The highest BCUT2D eigenvalue weighted by Crippen LogP contribution is 2.32. The first-order valence-corrected chi connectivity index (χ1v) is 11.2. The van der Waals surface area contributed by atoms with E-state index in [-0.39, 0.29) is 17.8 Å². The summed E-state index contributed by atoms with van der Waals surface area (Å²) >= 11 is 0. The summed E-state index contributed by atoms with van der Waals surface area (Å²) in [6.07, 6.45) is -3.55. The molecule has 180 valence electrons. The number of carbonyl (C=O) groups excluding carboxylic acids is 1. The van der Waals surface area contributed by atoms with Gasteiger partial charge in [-0.15, -0.1) is 0 Å². The number of nitrogens with zero attached hydrogens (tertiary/aromatic N) is 2. The van der Waals surface area contributed by atoms with E-state index in [0.717, 1.165) is 22.6 Å². The second kappa shape index (κ2) is 10.2. The number of amides is 1. The van der Waals surface area contributed by atoms with Crippen molar-refractivity contribution in [1.29, 1.82) is 0 Å². The minimum absolute atomic E-state index is 0.0987. The third-order valence-electron chi connectivity index (χ3n) is 5.27. The lowest BCUT2D eigenvalue weighted by Gasteiger charge is -2.17. The molecule has 0 bridgehead atoms. The second-order valence-electron chi connectivity index (χ2n) is 7.50. The first-order valence-electron chi connectivity index (χ1n) is 10.1. The zero-order chi connectivity index (χ0) is 25.0. The largest absolute Gasteiger partial charge is 0.433 e. The molecule has 1 heterocycles. The molecule has 1 unspecified atom stereocenters. The Bertz CT molecular complexity index is 1260. The van der Waals surface area contributed by atoms with Crippen LogP contribution in [0.3, 0.4) is 0 Å². The monoisotopic (exact) mass is 495 g/mol. The zero-order valence-corrected chi connectivity index (χ0v) is 19.0. The molecule has 0 aliphatic carbocycles. The third kappa shape index (κ3) is 5.71. The van der Waals surface area contributed by atoms with Crippen molar-refractivity contribution in [1.82, 2.24) is 10.3 Å². The summed E-state index contributed by atoms with van der Waals surface area (Å²) in [7, 11) is -1.82. The van der Waals surface area contributed by atoms with Gasteiger partial charge in [-0.2, -0.15) is 13.2 Å².